The molecule has 1 N–H and O–H groups in total. The van der Waals surface area contributed by atoms with E-state index in [1.807, 2.05) is 21.0 Å². The number of hydrogen-bond donors (Lipinski definition) is 1. The average Bonchev–Trinajstić information content (AvgIpc) is 3.73. The highest BCUT2D eigenvalue weighted by Crippen LogP contribution is 2.70. The molecule has 6 rings (SSSR count). The van der Waals surface area contributed by atoms with E-state index in [-0.39, 0.29) is 95.1 Å². The minimum Gasteiger partial charge on any atom is -0.392 e. The SMILES string of the molecule is [C-]#[N+]C[C@]1(C)C[C@@H](O)[C@@]2(C)C3[C@H](OC)CCC3(CC[C@H]2C)[C@@H](C)C1=O.[C-]#[N+]C[C@]1(C)C[C@@H](OCOC)[C@@]2(C)C3[C@H](OC)CCC3(CC[C@H]2C)[C@@H](C)C1=O. The quantitative estimate of drug-likeness (QED) is 0.208. The normalized spacial score (nSPS) is 50.5. The maximum Gasteiger partial charge on any atom is 0.226 e. The summed E-state index contributed by atoms with van der Waals surface area (Å²) in [6.07, 6.45) is 8.75. The smallest absolute Gasteiger partial charge is 0.226 e. The van der Waals surface area contributed by atoms with E-state index >= 15 is 0 Å². The van der Waals surface area contributed by atoms with Crippen LogP contribution in [-0.2, 0) is 28.5 Å². The Balaban J connectivity index is 0.000000206. The summed E-state index contributed by atoms with van der Waals surface area (Å²) in [5.74, 6) is 1.62. The predicted molar refractivity (Wildman–Crippen MR) is 204 cm³/mol. The third-order valence-corrected chi connectivity index (χ3v) is 17.6. The third kappa shape index (κ3) is 6.26. The number of aliphatic hydroxyl groups excluding tert-OH is 1. The van der Waals surface area contributed by atoms with Gasteiger partial charge in [0.1, 0.15) is 29.2 Å². The summed E-state index contributed by atoms with van der Waals surface area (Å²) in [6.45, 7) is 32.7. The van der Waals surface area contributed by atoms with Gasteiger partial charge >= 0.3 is 0 Å². The summed E-state index contributed by atoms with van der Waals surface area (Å²) in [7, 11) is 5.22. The van der Waals surface area contributed by atoms with Crippen molar-refractivity contribution in [2.45, 2.75) is 144 Å². The number of Topliss-reactive ketones (excluding diaryl/α,β-unsaturated/α-hetero) is 2. The average molecular weight is 739 g/mol. The molecule has 6 aliphatic carbocycles. The summed E-state index contributed by atoms with van der Waals surface area (Å²) in [4.78, 5) is 34.5. The molecule has 4 bridgehead atoms. The molecule has 9 nitrogen and oxygen atoms in total. The number of hydrogen-bond acceptors (Lipinski definition) is 7. The second-order valence-electron chi connectivity index (χ2n) is 19.6. The molecule has 6 saturated carbocycles. The Labute approximate surface area is 320 Å². The first-order valence-corrected chi connectivity index (χ1v) is 20.5. The van der Waals surface area contributed by atoms with E-state index in [0.29, 0.717) is 24.7 Å². The molecule has 53 heavy (non-hydrogen) atoms. The summed E-state index contributed by atoms with van der Waals surface area (Å²) in [5, 5.41) is 11.4. The molecule has 9 heteroatoms. The number of carbonyl (C=O) groups is 2. The second kappa shape index (κ2) is 15.2. The number of ketones is 2. The molecule has 6 fully saturated rings. The molecule has 6 aliphatic rings. The van der Waals surface area contributed by atoms with Crippen LogP contribution in [0.5, 0.6) is 0 Å². The van der Waals surface area contributed by atoms with Gasteiger partial charge in [-0.15, -0.1) is 0 Å². The van der Waals surface area contributed by atoms with Crippen molar-refractivity contribution in [3.05, 3.63) is 22.8 Å². The van der Waals surface area contributed by atoms with Gasteiger partial charge in [0.15, 0.2) is 0 Å². The van der Waals surface area contributed by atoms with Crippen molar-refractivity contribution >= 4 is 11.6 Å². The van der Waals surface area contributed by atoms with Crippen molar-refractivity contribution in [1.29, 1.82) is 0 Å². The summed E-state index contributed by atoms with van der Waals surface area (Å²) < 4.78 is 23.5. The van der Waals surface area contributed by atoms with Crippen LogP contribution in [0.3, 0.4) is 0 Å². The molecule has 0 saturated heterocycles. The van der Waals surface area contributed by atoms with Gasteiger partial charge in [0, 0.05) is 44.0 Å². The van der Waals surface area contributed by atoms with Crippen LogP contribution in [-0.4, -0.2) is 82.3 Å². The number of methoxy groups -OCH3 is 3. The molecule has 298 valence electrons. The number of carbonyl (C=O) groups excluding carboxylic acids is 2. The lowest BCUT2D eigenvalue weighted by atomic mass is 9.44. The zero-order valence-electron chi connectivity index (χ0n) is 34.8. The lowest BCUT2D eigenvalue weighted by Gasteiger charge is -2.61. The van der Waals surface area contributed by atoms with E-state index < -0.39 is 16.9 Å². The van der Waals surface area contributed by atoms with E-state index in [1.54, 1.807) is 14.2 Å². The van der Waals surface area contributed by atoms with Gasteiger partial charge in [-0.25, -0.2) is 13.1 Å². The molecule has 0 aromatic rings. The van der Waals surface area contributed by atoms with Crippen LogP contribution in [0, 0.1) is 81.1 Å². The molecule has 0 spiro atoms. The molecular weight excluding hydrogens is 668 g/mol. The van der Waals surface area contributed by atoms with Crippen molar-refractivity contribution in [2.75, 3.05) is 41.2 Å². The fourth-order valence-electron chi connectivity index (χ4n) is 14.0. The fourth-order valence-corrected chi connectivity index (χ4v) is 14.0. The summed E-state index contributed by atoms with van der Waals surface area (Å²) >= 11 is 0. The molecule has 16 atom stereocenters. The van der Waals surface area contributed by atoms with Crippen LogP contribution in [0.15, 0.2) is 0 Å². The third-order valence-electron chi connectivity index (χ3n) is 17.6. The Morgan fingerprint density at radius 3 is 1.53 bits per heavy atom. The molecule has 0 amide bonds. The van der Waals surface area contributed by atoms with Crippen molar-refractivity contribution in [3.63, 3.8) is 0 Å². The van der Waals surface area contributed by atoms with Crippen molar-refractivity contribution in [1.82, 2.24) is 0 Å². The summed E-state index contributed by atoms with van der Waals surface area (Å²) in [5.41, 5.74) is -1.97. The maximum atomic E-state index is 13.8. The van der Waals surface area contributed by atoms with E-state index in [2.05, 4.69) is 51.2 Å². The van der Waals surface area contributed by atoms with Crippen LogP contribution in [0.4, 0.5) is 0 Å². The number of ether oxygens (including phenoxy) is 4. The van der Waals surface area contributed by atoms with E-state index in [4.69, 9.17) is 32.1 Å². The standard InChI is InChI=1S/C23H37NO4.C21H33NO3/c1-15-8-10-23-11-9-17(27-7)19(23)22(15,4)18(28-14-26-6)12-21(3,13-24-5)20(25)16(23)2;1-13-7-9-21-10-8-15(25-6)17(21)20(13,4)16(23)11-19(3,12-22-5)18(24)14(21)2/h15-19H,8-14H2,1-4,6-7H3;13-17,23H,7-12H2,1-4,6H3/t15-,16+,17-,18-,19?,21+,22+,23?;13-,14+,15-,16-,17?,19+,20+,21?/m11/s1. The van der Waals surface area contributed by atoms with Gasteiger partial charge in [0.2, 0.25) is 13.1 Å². The minimum atomic E-state index is -0.748. The Hall–Kier alpha value is -1.88. The first-order valence-electron chi connectivity index (χ1n) is 20.5. The van der Waals surface area contributed by atoms with Gasteiger partial charge in [0.25, 0.3) is 0 Å². The van der Waals surface area contributed by atoms with Gasteiger partial charge in [-0.05, 0) is 113 Å². The van der Waals surface area contributed by atoms with E-state index in [1.165, 1.54) is 0 Å². The Morgan fingerprint density at radius 2 is 1.09 bits per heavy atom. The van der Waals surface area contributed by atoms with Gasteiger partial charge < -0.3 is 33.7 Å². The highest BCUT2D eigenvalue weighted by molar-refractivity contribution is 5.88. The molecule has 0 aromatic carbocycles. The van der Waals surface area contributed by atoms with E-state index in [0.717, 1.165) is 51.4 Å². The fraction of sp³-hybridized carbons (Fsp3) is 0.909. The Bertz CT molecular complexity index is 1460. The van der Waals surface area contributed by atoms with Crippen LogP contribution in [0.2, 0.25) is 0 Å². The van der Waals surface area contributed by atoms with Crippen molar-refractivity contribution in [2.24, 2.45) is 68.0 Å². The van der Waals surface area contributed by atoms with Gasteiger partial charge in [0.05, 0.1) is 24.4 Å². The van der Waals surface area contributed by atoms with Gasteiger partial charge in [-0.3, -0.25) is 9.59 Å². The lowest BCUT2D eigenvalue weighted by Crippen LogP contribution is -2.63. The zero-order chi connectivity index (χ0) is 39.4. The molecule has 4 unspecified atom stereocenters. The van der Waals surface area contributed by atoms with Crippen LogP contribution < -0.4 is 0 Å². The van der Waals surface area contributed by atoms with Crippen LogP contribution in [0.25, 0.3) is 9.69 Å². The van der Waals surface area contributed by atoms with Crippen LogP contribution >= 0.6 is 0 Å². The lowest BCUT2D eigenvalue weighted by molar-refractivity contribution is -0.218. The van der Waals surface area contributed by atoms with Crippen molar-refractivity contribution < 1.29 is 33.6 Å². The number of aliphatic hydroxyl groups is 1. The van der Waals surface area contributed by atoms with Gasteiger partial charge in [-0.1, -0.05) is 41.5 Å². The van der Waals surface area contributed by atoms with E-state index in [9.17, 15) is 14.7 Å². The maximum absolute atomic E-state index is 13.8. The first kappa shape index (κ1) is 42.3. The predicted octanol–water partition coefficient (Wildman–Crippen LogP) is 8.09. The second-order valence-corrected chi connectivity index (χ2v) is 19.6. The number of rotatable bonds is 7. The zero-order valence-corrected chi connectivity index (χ0v) is 34.8. The number of nitrogens with zero attached hydrogens (tertiary/aromatic N) is 2. The Morgan fingerprint density at radius 1 is 0.679 bits per heavy atom. The molecule has 0 aromatic heterocycles. The highest BCUT2D eigenvalue weighted by Gasteiger charge is 2.70. The molecule has 0 radical (unpaired) electrons. The minimum absolute atomic E-state index is 0.0559. The Kier molecular flexibility index (Phi) is 12.1. The van der Waals surface area contributed by atoms with Gasteiger partial charge in [-0.2, -0.15) is 0 Å². The topological polar surface area (TPSA) is 100 Å². The molecule has 0 heterocycles. The summed E-state index contributed by atoms with van der Waals surface area (Å²) in [6, 6.07) is 0. The first-order chi connectivity index (χ1) is 24.9. The molecular formula is C44H70N2O7. The molecule has 0 aliphatic heterocycles. The van der Waals surface area contributed by atoms with Crippen LogP contribution in [0.1, 0.15) is 120 Å². The monoisotopic (exact) mass is 739 g/mol. The highest BCUT2D eigenvalue weighted by atomic mass is 16.7. The largest absolute Gasteiger partial charge is 0.392 e. The van der Waals surface area contributed by atoms with Crippen molar-refractivity contribution in [3.8, 4) is 0 Å².